The van der Waals surface area contributed by atoms with Crippen LogP contribution in [0.2, 0.25) is 0 Å². The highest BCUT2D eigenvalue weighted by atomic mass is 32.2. The lowest BCUT2D eigenvalue weighted by Gasteiger charge is -2.31. The fourth-order valence-corrected chi connectivity index (χ4v) is 5.79. The zero-order valence-electron chi connectivity index (χ0n) is 18.3. The van der Waals surface area contributed by atoms with Gasteiger partial charge in [-0.25, -0.2) is 17.6 Å². The standard InChI is InChI=1S/C26H24FNO4S/c1-3-32-26(29)22-23(27)25(20-12-8-5-9-13-20)28(24(22)19-10-6-4-7-11-19)33(30,31)21-16-14-18(2)15-17-21/h4-17,24-25H,3H2,1-2H3. The minimum atomic E-state index is -4.22. The lowest BCUT2D eigenvalue weighted by molar-refractivity contribution is -0.139. The molecule has 170 valence electrons. The summed E-state index contributed by atoms with van der Waals surface area (Å²) < 4.78 is 50.3. The first-order valence-electron chi connectivity index (χ1n) is 10.6. The smallest absolute Gasteiger partial charge is 0.338 e. The Labute approximate surface area is 193 Å². The molecular formula is C26H24FNO4S. The van der Waals surface area contributed by atoms with Gasteiger partial charge in [-0.1, -0.05) is 78.4 Å². The molecule has 4 rings (SSSR count). The van der Waals surface area contributed by atoms with Gasteiger partial charge in [-0.3, -0.25) is 0 Å². The highest BCUT2D eigenvalue weighted by Crippen LogP contribution is 2.51. The average Bonchev–Trinajstić information content (AvgIpc) is 3.14. The Morgan fingerprint density at radius 3 is 1.91 bits per heavy atom. The van der Waals surface area contributed by atoms with Crippen molar-refractivity contribution in [2.75, 3.05) is 6.61 Å². The van der Waals surface area contributed by atoms with Gasteiger partial charge in [-0.05, 0) is 37.1 Å². The Balaban J connectivity index is 1.99. The van der Waals surface area contributed by atoms with E-state index < -0.39 is 33.9 Å². The topological polar surface area (TPSA) is 63.7 Å². The molecule has 0 spiro atoms. The summed E-state index contributed by atoms with van der Waals surface area (Å²) in [5.41, 5.74) is 1.49. The number of hydrogen-bond acceptors (Lipinski definition) is 4. The van der Waals surface area contributed by atoms with Gasteiger partial charge in [0.25, 0.3) is 0 Å². The zero-order valence-corrected chi connectivity index (χ0v) is 19.1. The third-order valence-electron chi connectivity index (χ3n) is 5.60. The molecule has 0 aromatic heterocycles. The molecule has 2 atom stereocenters. The fraction of sp³-hybridized carbons (Fsp3) is 0.192. The van der Waals surface area contributed by atoms with Gasteiger partial charge in [-0.2, -0.15) is 4.31 Å². The first-order valence-corrected chi connectivity index (χ1v) is 12.1. The number of rotatable bonds is 6. The second-order valence-corrected chi connectivity index (χ2v) is 9.60. The summed E-state index contributed by atoms with van der Waals surface area (Å²) >= 11 is 0. The zero-order chi connectivity index (χ0) is 23.6. The van der Waals surface area contributed by atoms with Crippen molar-refractivity contribution in [2.45, 2.75) is 30.8 Å². The van der Waals surface area contributed by atoms with Crippen LogP contribution in [0.3, 0.4) is 0 Å². The molecule has 5 nitrogen and oxygen atoms in total. The van der Waals surface area contributed by atoms with Crippen LogP contribution in [0.4, 0.5) is 4.39 Å². The fourth-order valence-electron chi connectivity index (χ4n) is 4.07. The second-order valence-electron chi connectivity index (χ2n) is 7.76. The maximum Gasteiger partial charge on any atom is 0.338 e. The van der Waals surface area contributed by atoms with Crippen LogP contribution in [-0.2, 0) is 19.6 Å². The minimum absolute atomic E-state index is 0.0212. The molecule has 3 aromatic rings. The van der Waals surface area contributed by atoms with E-state index in [9.17, 15) is 13.2 Å². The van der Waals surface area contributed by atoms with Crippen LogP contribution in [0, 0.1) is 6.92 Å². The van der Waals surface area contributed by atoms with Gasteiger partial charge >= 0.3 is 5.97 Å². The second kappa shape index (κ2) is 9.29. The Bertz CT molecular complexity index is 1270. The van der Waals surface area contributed by atoms with Gasteiger partial charge in [0.2, 0.25) is 10.0 Å². The normalized spacial score (nSPS) is 19.0. The van der Waals surface area contributed by atoms with E-state index in [1.807, 2.05) is 6.92 Å². The number of ether oxygens (including phenoxy) is 1. The van der Waals surface area contributed by atoms with Crippen molar-refractivity contribution < 1.29 is 22.3 Å². The number of aryl methyl sites for hydroxylation is 1. The molecule has 0 saturated heterocycles. The number of carbonyl (C=O) groups is 1. The van der Waals surface area contributed by atoms with E-state index in [4.69, 9.17) is 4.74 Å². The number of carbonyl (C=O) groups excluding carboxylic acids is 1. The summed E-state index contributed by atoms with van der Waals surface area (Å²) in [5.74, 6) is -1.70. The summed E-state index contributed by atoms with van der Waals surface area (Å²) in [6.07, 6.45) is 0. The third-order valence-corrected chi connectivity index (χ3v) is 7.45. The van der Waals surface area contributed by atoms with Crippen molar-refractivity contribution in [1.82, 2.24) is 4.31 Å². The van der Waals surface area contributed by atoms with Crippen LogP contribution >= 0.6 is 0 Å². The Kier molecular flexibility index (Phi) is 6.44. The molecule has 3 aromatic carbocycles. The van der Waals surface area contributed by atoms with Crippen molar-refractivity contribution in [3.8, 4) is 0 Å². The van der Waals surface area contributed by atoms with E-state index in [-0.39, 0.29) is 17.1 Å². The number of benzene rings is 3. The molecule has 1 heterocycles. The molecular weight excluding hydrogens is 441 g/mol. The summed E-state index contributed by atoms with van der Waals surface area (Å²) in [7, 11) is -4.22. The number of esters is 1. The maximum absolute atomic E-state index is 16.1. The van der Waals surface area contributed by atoms with E-state index in [2.05, 4.69) is 0 Å². The first kappa shape index (κ1) is 22.9. The molecule has 0 fully saturated rings. The third kappa shape index (κ3) is 4.21. The van der Waals surface area contributed by atoms with Crippen LogP contribution in [0.25, 0.3) is 0 Å². The molecule has 1 aliphatic rings. The molecule has 0 amide bonds. The minimum Gasteiger partial charge on any atom is -0.463 e. The largest absolute Gasteiger partial charge is 0.463 e. The van der Waals surface area contributed by atoms with Gasteiger partial charge in [0, 0.05) is 0 Å². The van der Waals surface area contributed by atoms with Crippen molar-refractivity contribution in [2.24, 2.45) is 0 Å². The van der Waals surface area contributed by atoms with Crippen LogP contribution in [0.1, 0.15) is 35.7 Å². The predicted octanol–water partition coefficient (Wildman–Crippen LogP) is 5.27. The highest BCUT2D eigenvalue weighted by Gasteiger charge is 2.52. The van der Waals surface area contributed by atoms with Gasteiger partial charge in [0.15, 0.2) is 0 Å². The number of nitrogens with zero attached hydrogens (tertiary/aromatic N) is 1. The molecule has 0 radical (unpaired) electrons. The first-order chi connectivity index (χ1) is 15.9. The quantitative estimate of drug-likeness (QED) is 0.466. The Morgan fingerprint density at radius 1 is 0.879 bits per heavy atom. The van der Waals surface area contributed by atoms with Gasteiger partial charge < -0.3 is 4.74 Å². The van der Waals surface area contributed by atoms with Crippen LogP contribution in [0.5, 0.6) is 0 Å². The van der Waals surface area contributed by atoms with Crippen molar-refractivity contribution in [3.63, 3.8) is 0 Å². The van der Waals surface area contributed by atoms with Crippen molar-refractivity contribution in [3.05, 3.63) is 113 Å². The molecule has 0 N–H and O–H groups in total. The summed E-state index contributed by atoms with van der Waals surface area (Å²) in [5, 5.41) is 0. The maximum atomic E-state index is 16.1. The van der Waals surface area contributed by atoms with E-state index in [0.29, 0.717) is 11.1 Å². The molecule has 1 aliphatic heterocycles. The van der Waals surface area contributed by atoms with Gasteiger partial charge in [0.1, 0.15) is 11.9 Å². The molecule has 7 heteroatoms. The average molecular weight is 466 g/mol. The van der Waals surface area contributed by atoms with Gasteiger partial charge in [-0.15, -0.1) is 0 Å². The van der Waals surface area contributed by atoms with E-state index >= 15 is 4.39 Å². The lowest BCUT2D eigenvalue weighted by atomic mass is 10.0. The summed E-state index contributed by atoms with van der Waals surface area (Å²) in [4.78, 5) is 12.9. The highest BCUT2D eigenvalue weighted by molar-refractivity contribution is 7.89. The number of hydrogen-bond donors (Lipinski definition) is 0. The monoisotopic (exact) mass is 465 g/mol. The lowest BCUT2D eigenvalue weighted by Crippen LogP contribution is -2.35. The van der Waals surface area contributed by atoms with Crippen LogP contribution < -0.4 is 0 Å². The van der Waals surface area contributed by atoms with E-state index in [1.54, 1.807) is 79.7 Å². The molecule has 0 saturated carbocycles. The van der Waals surface area contributed by atoms with E-state index in [0.717, 1.165) is 9.87 Å². The van der Waals surface area contributed by atoms with Crippen molar-refractivity contribution in [1.29, 1.82) is 0 Å². The molecule has 2 unspecified atom stereocenters. The van der Waals surface area contributed by atoms with Crippen molar-refractivity contribution >= 4 is 16.0 Å². The molecule has 33 heavy (non-hydrogen) atoms. The summed E-state index contributed by atoms with van der Waals surface area (Å²) in [6, 6.07) is 21.0. The van der Waals surface area contributed by atoms with E-state index in [1.165, 1.54) is 12.1 Å². The number of halogens is 1. The van der Waals surface area contributed by atoms with Crippen LogP contribution in [-0.4, -0.2) is 25.3 Å². The van der Waals surface area contributed by atoms with Crippen LogP contribution in [0.15, 0.2) is 101 Å². The summed E-state index contributed by atoms with van der Waals surface area (Å²) in [6.45, 7) is 3.52. The molecule has 0 aliphatic carbocycles. The Morgan fingerprint density at radius 2 is 1.39 bits per heavy atom. The number of sulfonamides is 1. The Hall–Kier alpha value is -3.29. The van der Waals surface area contributed by atoms with Gasteiger partial charge in [0.05, 0.1) is 23.1 Å². The molecule has 0 bridgehead atoms. The SMILES string of the molecule is CCOC(=O)C1=C(F)C(c2ccccc2)N(S(=O)(=O)c2ccc(C)cc2)C1c1ccccc1. The predicted molar refractivity (Wildman–Crippen MR) is 123 cm³/mol.